The highest BCUT2D eigenvalue weighted by Crippen LogP contribution is 2.30. The lowest BCUT2D eigenvalue weighted by Crippen LogP contribution is -2.09. The molecule has 1 atom stereocenters. The van der Waals surface area contributed by atoms with Gasteiger partial charge < -0.3 is 10.8 Å². The third-order valence-electron chi connectivity index (χ3n) is 1.95. The lowest BCUT2D eigenvalue weighted by atomic mass is 10.0. The monoisotopic (exact) mass is 203 g/mol. The van der Waals surface area contributed by atoms with Crippen molar-refractivity contribution in [3.05, 3.63) is 28.5 Å². The molecule has 72 valence electrons. The zero-order valence-electron chi connectivity index (χ0n) is 7.22. The van der Waals surface area contributed by atoms with Crippen LogP contribution in [-0.4, -0.2) is 11.7 Å². The molecule has 13 heavy (non-hydrogen) atoms. The van der Waals surface area contributed by atoms with Gasteiger partial charge in [-0.1, -0.05) is 18.5 Å². The average molecular weight is 204 g/mol. The molecule has 1 aromatic carbocycles. The zero-order valence-corrected chi connectivity index (χ0v) is 7.98. The molecular formula is C9H11ClFNO. The van der Waals surface area contributed by atoms with E-state index in [9.17, 15) is 9.50 Å². The molecule has 3 N–H and O–H groups in total. The molecule has 0 aromatic heterocycles. The van der Waals surface area contributed by atoms with E-state index in [4.69, 9.17) is 17.3 Å². The Morgan fingerprint density at radius 2 is 2.23 bits per heavy atom. The van der Waals surface area contributed by atoms with Crippen LogP contribution in [0.3, 0.4) is 0 Å². The van der Waals surface area contributed by atoms with Gasteiger partial charge in [-0.2, -0.15) is 0 Å². The predicted octanol–water partition coefficient (Wildman–Crippen LogP) is 2.25. The van der Waals surface area contributed by atoms with Gasteiger partial charge in [0.15, 0.2) is 0 Å². The lowest BCUT2D eigenvalue weighted by Gasteiger charge is -2.10. The molecule has 2 nitrogen and oxygen atoms in total. The number of benzene rings is 1. The van der Waals surface area contributed by atoms with Crippen LogP contribution in [0.25, 0.3) is 0 Å². The second-order valence-electron chi connectivity index (χ2n) is 2.97. The van der Waals surface area contributed by atoms with Gasteiger partial charge in [-0.25, -0.2) is 4.39 Å². The maximum atomic E-state index is 13.0. The Bertz CT molecular complexity index is 293. The van der Waals surface area contributed by atoms with Crippen molar-refractivity contribution in [2.45, 2.75) is 12.8 Å². The van der Waals surface area contributed by atoms with Crippen molar-refractivity contribution >= 4 is 11.6 Å². The molecule has 1 aromatic rings. The fraction of sp³-hybridized carbons (Fsp3) is 0.333. The van der Waals surface area contributed by atoms with Gasteiger partial charge in [0, 0.05) is 0 Å². The largest absolute Gasteiger partial charge is 0.506 e. The summed E-state index contributed by atoms with van der Waals surface area (Å²) in [5, 5.41) is 8.97. The number of phenols is 1. The molecule has 0 saturated carbocycles. The van der Waals surface area contributed by atoms with Crippen LogP contribution in [0.5, 0.6) is 5.75 Å². The number of aromatic hydroxyl groups is 1. The van der Waals surface area contributed by atoms with Crippen molar-refractivity contribution in [1.82, 2.24) is 0 Å². The van der Waals surface area contributed by atoms with Gasteiger partial charge in [-0.05, 0) is 30.2 Å². The highest BCUT2D eigenvalue weighted by molar-refractivity contribution is 6.32. The van der Waals surface area contributed by atoms with E-state index in [2.05, 4.69) is 0 Å². The van der Waals surface area contributed by atoms with E-state index < -0.39 is 5.82 Å². The predicted molar refractivity (Wildman–Crippen MR) is 50.5 cm³/mol. The van der Waals surface area contributed by atoms with E-state index in [1.807, 2.05) is 6.92 Å². The Kier molecular flexibility index (Phi) is 3.12. The van der Waals surface area contributed by atoms with E-state index in [1.54, 1.807) is 0 Å². The van der Waals surface area contributed by atoms with Crippen LogP contribution in [0.15, 0.2) is 12.1 Å². The molecule has 0 bridgehead atoms. The van der Waals surface area contributed by atoms with Crippen molar-refractivity contribution in [2.75, 3.05) is 6.54 Å². The summed E-state index contributed by atoms with van der Waals surface area (Å²) in [4.78, 5) is 0. The number of rotatable bonds is 2. The number of phenolic OH excluding ortho intramolecular Hbond substituents is 1. The minimum Gasteiger partial charge on any atom is -0.506 e. The molecule has 0 aliphatic rings. The van der Waals surface area contributed by atoms with E-state index in [-0.39, 0.29) is 16.7 Å². The third-order valence-corrected chi connectivity index (χ3v) is 2.33. The summed E-state index contributed by atoms with van der Waals surface area (Å²) < 4.78 is 13.0. The highest BCUT2D eigenvalue weighted by Gasteiger charge is 2.11. The van der Waals surface area contributed by atoms with Crippen LogP contribution in [-0.2, 0) is 0 Å². The van der Waals surface area contributed by atoms with Crippen LogP contribution in [0.2, 0.25) is 5.02 Å². The highest BCUT2D eigenvalue weighted by atomic mass is 35.5. The number of hydrogen-bond donors (Lipinski definition) is 2. The summed E-state index contributed by atoms with van der Waals surface area (Å²) in [6.45, 7) is 2.25. The van der Waals surface area contributed by atoms with Crippen LogP contribution in [0.1, 0.15) is 18.4 Å². The van der Waals surface area contributed by atoms with Crippen LogP contribution >= 0.6 is 11.6 Å². The molecule has 0 radical (unpaired) electrons. The Labute approximate surface area is 81.1 Å². The van der Waals surface area contributed by atoms with Crippen LogP contribution in [0, 0.1) is 5.82 Å². The normalized spacial score (nSPS) is 12.9. The quantitative estimate of drug-likeness (QED) is 0.775. The first kappa shape index (κ1) is 10.3. The van der Waals surface area contributed by atoms with Crippen molar-refractivity contribution in [1.29, 1.82) is 0 Å². The molecule has 0 aliphatic carbocycles. The first-order valence-electron chi connectivity index (χ1n) is 3.94. The maximum absolute atomic E-state index is 13.0. The van der Waals surface area contributed by atoms with E-state index in [0.29, 0.717) is 12.1 Å². The van der Waals surface area contributed by atoms with Crippen LogP contribution < -0.4 is 5.73 Å². The Hall–Kier alpha value is -0.800. The summed E-state index contributed by atoms with van der Waals surface area (Å²) in [5.74, 6) is -0.841. The van der Waals surface area contributed by atoms with Gasteiger partial charge in [0.1, 0.15) is 16.6 Å². The third kappa shape index (κ3) is 2.11. The summed E-state index contributed by atoms with van der Waals surface area (Å²) >= 11 is 5.44. The van der Waals surface area contributed by atoms with Gasteiger partial charge in [-0.3, -0.25) is 0 Å². The molecule has 0 fully saturated rings. The summed E-state index contributed by atoms with van der Waals surface area (Å²) in [7, 11) is 0. The van der Waals surface area contributed by atoms with Gasteiger partial charge in [0.05, 0.1) is 0 Å². The van der Waals surface area contributed by atoms with Crippen molar-refractivity contribution in [3.8, 4) is 5.75 Å². The molecule has 0 spiro atoms. The molecule has 0 heterocycles. The van der Waals surface area contributed by atoms with Gasteiger partial charge in [0.2, 0.25) is 0 Å². The van der Waals surface area contributed by atoms with Crippen molar-refractivity contribution in [2.24, 2.45) is 5.73 Å². The first-order valence-corrected chi connectivity index (χ1v) is 4.32. The topological polar surface area (TPSA) is 46.2 Å². The van der Waals surface area contributed by atoms with Gasteiger partial charge >= 0.3 is 0 Å². The minimum absolute atomic E-state index is 0.0117. The molecule has 4 heteroatoms. The lowest BCUT2D eigenvalue weighted by molar-refractivity contribution is 0.467. The van der Waals surface area contributed by atoms with Crippen LogP contribution in [0.4, 0.5) is 4.39 Å². The van der Waals surface area contributed by atoms with Crippen molar-refractivity contribution in [3.63, 3.8) is 0 Å². The molecule has 1 unspecified atom stereocenters. The van der Waals surface area contributed by atoms with E-state index >= 15 is 0 Å². The standard InChI is InChI=1S/C9H11ClFNO/c1-5(4-12)6-2-7(11)9(10)8(13)3-6/h2-3,5,13H,4,12H2,1H3. The molecule has 0 aliphatic heterocycles. The Balaban J connectivity index is 3.13. The van der Waals surface area contributed by atoms with E-state index in [0.717, 1.165) is 0 Å². The van der Waals surface area contributed by atoms with Gasteiger partial charge in [-0.15, -0.1) is 0 Å². The van der Waals surface area contributed by atoms with Crippen molar-refractivity contribution < 1.29 is 9.50 Å². The maximum Gasteiger partial charge on any atom is 0.145 e. The SMILES string of the molecule is CC(CN)c1cc(O)c(Cl)c(F)c1. The average Bonchev–Trinajstić information content (AvgIpc) is 2.12. The zero-order chi connectivity index (χ0) is 10.0. The molecule has 1 rings (SSSR count). The number of halogens is 2. The van der Waals surface area contributed by atoms with E-state index in [1.165, 1.54) is 12.1 Å². The molecule has 0 amide bonds. The fourth-order valence-corrected chi connectivity index (χ4v) is 1.12. The first-order chi connectivity index (χ1) is 6.06. The Morgan fingerprint density at radius 1 is 1.62 bits per heavy atom. The summed E-state index contributed by atoms with van der Waals surface area (Å²) in [6, 6.07) is 2.72. The minimum atomic E-state index is -0.614. The molecule has 0 saturated heterocycles. The second kappa shape index (κ2) is 3.94. The second-order valence-corrected chi connectivity index (χ2v) is 3.35. The summed E-state index contributed by atoms with van der Waals surface area (Å²) in [6.07, 6.45) is 0. The number of hydrogen-bond acceptors (Lipinski definition) is 2. The van der Waals surface area contributed by atoms with Gasteiger partial charge in [0.25, 0.3) is 0 Å². The summed E-state index contributed by atoms with van der Waals surface area (Å²) in [5.41, 5.74) is 6.06. The number of nitrogens with two attached hydrogens (primary N) is 1. The Morgan fingerprint density at radius 3 is 2.69 bits per heavy atom. The smallest absolute Gasteiger partial charge is 0.145 e. The fourth-order valence-electron chi connectivity index (χ4n) is 1.02. The molecular weight excluding hydrogens is 193 g/mol.